The smallest absolute Gasteiger partial charge is 0.241 e. The summed E-state index contributed by atoms with van der Waals surface area (Å²) in [4.78, 5) is 13.6. The normalized spacial score (nSPS) is 10.0. The molecule has 0 amide bonds. The number of anilines is 3. The number of ether oxygens (including phenoxy) is 3. The van der Waals surface area contributed by atoms with E-state index in [0.29, 0.717) is 65.9 Å². The average Bonchev–Trinajstić information content (AvgIpc) is 3.69. The SMILES string of the molecule is CCOc1ncc(N)cc1-n1ccnn1.CCOc1ncc(N)cc1-n1nccn1.CCOc1ncc(N)cc1I. The average molecular weight is 675 g/mol. The van der Waals surface area contributed by atoms with E-state index in [2.05, 4.69) is 58.1 Å². The van der Waals surface area contributed by atoms with Crippen molar-refractivity contribution in [3.05, 3.63) is 65.1 Å². The molecule has 0 aliphatic heterocycles. The zero-order valence-electron chi connectivity index (χ0n) is 22.8. The van der Waals surface area contributed by atoms with Crippen LogP contribution in [-0.2, 0) is 0 Å². The maximum atomic E-state index is 5.65. The lowest BCUT2D eigenvalue weighted by Crippen LogP contribution is -2.06. The monoisotopic (exact) mass is 674 g/mol. The molecule has 0 spiro atoms. The Morgan fingerprint density at radius 2 is 1.17 bits per heavy atom. The molecule has 5 aromatic rings. The highest BCUT2D eigenvalue weighted by Gasteiger charge is 2.10. The quantitative estimate of drug-likeness (QED) is 0.203. The third-order valence-electron chi connectivity index (χ3n) is 4.68. The molecule has 15 nitrogen and oxygen atoms in total. The van der Waals surface area contributed by atoms with Crippen molar-refractivity contribution in [2.45, 2.75) is 20.8 Å². The molecule has 0 aromatic carbocycles. The van der Waals surface area contributed by atoms with Gasteiger partial charge in [-0.05, 0) is 61.6 Å². The zero-order chi connectivity index (χ0) is 29.6. The van der Waals surface area contributed by atoms with E-state index in [1.807, 2.05) is 26.8 Å². The van der Waals surface area contributed by atoms with E-state index < -0.39 is 0 Å². The van der Waals surface area contributed by atoms with Gasteiger partial charge in [0.15, 0.2) is 0 Å². The first-order chi connectivity index (χ1) is 19.9. The standard InChI is InChI=1S/2C9H11N5O.C7H9IN2O/c1-2-15-9-8(5-7(10)6-11-9)14-4-3-12-13-14;1-2-15-9-8(5-7(10)6-11-9)14-12-3-4-13-14;1-2-11-7-6(8)3-5(9)4-10-7/h2*3-6H,2,10H2,1H3;3-4H,2,9H2,1H3. The number of nitrogens with zero attached hydrogens (tertiary/aromatic N) is 9. The van der Waals surface area contributed by atoms with Gasteiger partial charge in [-0.15, -0.1) is 9.90 Å². The fourth-order valence-electron chi connectivity index (χ4n) is 3.08. The minimum atomic E-state index is 0.475. The molecule has 0 saturated heterocycles. The highest BCUT2D eigenvalue weighted by molar-refractivity contribution is 14.1. The summed E-state index contributed by atoms with van der Waals surface area (Å²) >= 11 is 2.14. The van der Waals surface area contributed by atoms with Gasteiger partial charge >= 0.3 is 0 Å². The van der Waals surface area contributed by atoms with Gasteiger partial charge < -0.3 is 31.4 Å². The number of rotatable bonds is 8. The van der Waals surface area contributed by atoms with Crippen molar-refractivity contribution in [2.24, 2.45) is 0 Å². The number of nitrogen functional groups attached to an aromatic ring is 3. The zero-order valence-corrected chi connectivity index (χ0v) is 24.9. The van der Waals surface area contributed by atoms with Gasteiger partial charge in [0, 0.05) is 0 Å². The fraction of sp³-hybridized carbons (Fsp3) is 0.240. The Bertz CT molecular complexity index is 1400. The molecule has 0 unspecified atom stereocenters. The Kier molecular flexibility index (Phi) is 11.8. The summed E-state index contributed by atoms with van der Waals surface area (Å²) in [7, 11) is 0. The summed E-state index contributed by atoms with van der Waals surface area (Å²) in [5.41, 5.74) is 19.9. The first-order valence-electron chi connectivity index (χ1n) is 12.4. The number of pyridine rings is 3. The first-order valence-corrected chi connectivity index (χ1v) is 13.5. The van der Waals surface area contributed by atoms with Gasteiger partial charge in [0.1, 0.15) is 11.4 Å². The highest BCUT2D eigenvalue weighted by Crippen LogP contribution is 2.22. The Morgan fingerprint density at radius 3 is 1.68 bits per heavy atom. The van der Waals surface area contributed by atoms with E-state index in [1.54, 1.807) is 54.0 Å². The lowest BCUT2D eigenvalue weighted by Gasteiger charge is -2.08. The van der Waals surface area contributed by atoms with E-state index in [4.69, 9.17) is 31.4 Å². The molecule has 5 rings (SSSR count). The molecule has 0 aliphatic carbocycles. The number of hydrogen-bond donors (Lipinski definition) is 3. The molecule has 0 radical (unpaired) electrons. The van der Waals surface area contributed by atoms with Crippen LogP contribution in [0.25, 0.3) is 11.4 Å². The topological polar surface area (TPSA) is 206 Å². The van der Waals surface area contributed by atoms with Gasteiger partial charge in [-0.25, -0.2) is 19.6 Å². The predicted octanol–water partition coefficient (Wildman–Crippen LogP) is 2.95. The molecule has 0 fully saturated rings. The second-order valence-electron chi connectivity index (χ2n) is 7.71. The number of aromatic nitrogens is 9. The molecule has 16 heteroatoms. The van der Waals surface area contributed by atoms with Crippen molar-refractivity contribution in [3.63, 3.8) is 0 Å². The Hall–Kier alpha value is -4.74. The van der Waals surface area contributed by atoms with Crippen LogP contribution >= 0.6 is 22.6 Å². The minimum Gasteiger partial charge on any atom is -0.477 e. The molecule has 5 heterocycles. The number of hydrogen-bond acceptors (Lipinski definition) is 13. The maximum absolute atomic E-state index is 5.65. The van der Waals surface area contributed by atoms with Crippen LogP contribution in [0.1, 0.15) is 20.8 Å². The van der Waals surface area contributed by atoms with Crippen LogP contribution in [0.2, 0.25) is 0 Å². The minimum absolute atomic E-state index is 0.475. The molecule has 0 atom stereocenters. The van der Waals surface area contributed by atoms with E-state index in [9.17, 15) is 0 Å². The molecule has 0 aliphatic rings. The molecular weight excluding hydrogens is 643 g/mol. The van der Waals surface area contributed by atoms with Crippen molar-refractivity contribution < 1.29 is 14.2 Å². The van der Waals surface area contributed by atoms with Crippen LogP contribution in [0.3, 0.4) is 0 Å². The Morgan fingerprint density at radius 1 is 0.683 bits per heavy atom. The van der Waals surface area contributed by atoms with Gasteiger partial charge in [-0.2, -0.15) is 10.2 Å². The second kappa shape index (κ2) is 15.8. The van der Waals surface area contributed by atoms with Crippen LogP contribution < -0.4 is 31.4 Å². The summed E-state index contributed by atoms with van der Waals surface area (Å²) in [5, 5.41) is 15.6. The predicted molar refractivity (Wildman–Crippen MR) is 162 cm³/mol. The number of nitrogens with two attached hydrogens (primary N) is 3. The number of halogens is 1. The van der Waals surface area contributed by atoms with Gasteiger partial charge in [0.05, 0.1) is 83.8 Å². The molecule has 216 valence electrons. The van der Waals surface area contributed by atoms with E-state index in [1.165, 1.54) is 11.0 Å². The van der Waals surface area contributed by atoms with Crippen LogP contribution in [0.4, 0.5) is 17.1 Å². The molecule has 0 saturated carbocycles. The van der Waals surface area contributed by atoms with E-state index in [-0.39, 0.29) is 0 Å². The molecule has 5 aromatic heterocycles. The lowest BCUT2D eigenvalue weighted by atomic mass is 10.3. The van der Waals surface area contributed by atoms with Gasteiger partial charge in [0.25, 0.3) is 0 Å². The third kappa shape index (κ3) is 9.16. The molecule has 41 heavy (non-hydrogen) atoms. The van der Waals surface area contributed by atoms with Crippen molar-refractivity contribution in [1.82, 2.24) is 44.9 Å². The van der Waals surface area contributed by atoms with Gasteiger partial charge in [0.2, 0.25) is 17.6 Å². The third-order valence-corrected chi connectivity index (χ3v) is 5.45. The van der Waals surface area contributed by atoms with Crippen LogP contribution in [0, 0.1) is 3.57 Å². The summed E-state index contributed by atoms with van der Waals surface area (Å²) in [6.45, 7) is 7.41. The summed E-state index contributed by atoms with van der Waals surface area (Å²) in [6.07, 6.45) is 11.1. The van der Waals surface area contributed by atoms with E-state index >= 15 is 0 Å². The maximum Gasteiger partial charge on any atom is 0.241 e. The molecular formula is C25H31IN12O3. The van der Waals surface area contributed by atoms with Gasteiger partial charge in [-0.1, -0.05) is 5.21 Å². The van der Waals surface area contributed by atoms with Gasteiger partial charge in [-0.3, -0.25) is 0 Å². The largest absolute Gasteiger partial charge is 0.477 e. The van der Waals surface area contributed by atoms with Crippen molar-refractivity contribution in [3.8, 4) is 29.0 Å². The summed E-state index contributed by atoms with van der Waals surface area (Å²) in [6, 6.07) is 5.29. The fourth-order valence-corrected chi connectivity index (χ4v) is 3.73. The second-order valence-corrected chi connectivity index (χ2v) is 8.87. The summed E-state index contributed by atoms with van der Waals surface area (Å²) < 4.78 is 18.4. The van der Waals surface area contributed by atoms with Crippen LogP contribution in [0.15, 0.2) is 61.6 Å². The Labute approximate surface area is 250 Å². The van der Waals surface area contributed by atoms with Crippen LogP contribution in [-0.4, -0.2) is 64.8 Å². The highest BCUT2D eigenvalue weighted by atomic mass is 127. The molecule has 0 bridgehead atoms. The lowest BCUT2D eigenvalue weighted by molar-refractivity contribution is 0.324. The van der Waals surface area contributed by atoms with E-state index in [0.717, 1.165) is 3.57 Å². The van der Waals surface area contributed by atoms with Crippen molar-refractivity contribution >= 4 is 39.7 Å². The van der Waals surface area contributed by atoms with Crippen molar-refractivity contribution in [2.75, 3.05) is 37.0 Å². The first kappa shape index (κ1) is 30.8. The summed E-state index contributed by atoms with van der Waals surface area (Å²) in [5.74, 6) is 1.63. The van der Waals surface area contributed by atoms with Crippen molar-refractivity contribution in [1.29, 1.82) is 0 Å². The molecule has 6 N–H and O–H groups in total. The van der Waals surface area contributed by atoms with Crippen LogP contribution in [0.5, 0.6) is 17.6 Å². The Balaban J connectivity index is 0.000000172.